The van der Waals surface area contributed by atoms with Gasteiger partial charge in [0.1, 0.15) is 29.1 Å². The van der Waals surface area contributed by atoms with Crippen LogP contribution < -0.4 is 26.0 Å². The molecule has 9 heteroatoms. The predicted octanol–water partition coefficient (Wildman–Crippen LogP) is 4.17. The normalized spacial score (nSPS) is 11.1. The molecule has 0 saturated heterocycles. The highest BCUT2D eigenvalue weighted by Gasteiger charge is 2.22. The van der Waals surface area contributed by atoms with Crippen LogP contribution in [0.5, 0.6) is 11.5 Å². The Morgan fingerprint density at radius 3 is 2.30 bits per heavy atom. The van der Waals surface area contributed by atoms with Crippen molar-refractivity contribution < 1.29 is 18.7 Å². The molecule has 0 bridgehead atoms. The number of carbonyl (C=O) groups excluding carboxylic acids is 1. The molecule has 0 unspecified atom stereocenters. The van der Waals surface area contributed by atoms with Crippen molar-refractivity contribution in [3.05, 3.63) is 92.6 Å². The fraction of sp³-hybridized carbons (Fsp3) is 0.179. The average molecular weight is 500 g/mol. The Kier molecular flexibility index (Phi) is 6.04. The highest BCUT2D eigenvalue weighted by Crippen LogP contribution is 2.27. The van der Waals surface area contributed by atoms with Crippen molar-refractivity contribution in [2.75, 3.05) is 19.5 Å². The highest BCUT2D eigenvalue weighted by molar-refractivity contribution is 6.03. The number of furan rings is 1. The van der Waals surface area contributed by atoms with Gasteiger partial charge in [-0.05, 0) is 49.2 Å². The van der Waals surface area contributed by atoms with E-state index in [9.17, 15) is 14.4 Å². The quantitative estimate of drug-likeness (QED) is 0.376. The molecule has 2 heterocycles. The van der Waals surface area contributed by atoms with Gasteiger partial charge in [0.05, 0.1) is 19.9 Å². The molecule has 0 saturated carbocycles. The van der Waals surface area contributed by atoms with Gasteiger partial charge in [0.25, 0.3) is 0 Å². The van der Waals surface area contributed by atoms with Gasteiger partial charge >= 0.3 is 11.2 Å². The fourth-order valence-corrected chi connectivity index (χ4v) is 4.31. The van der Waals surface area contributed by atoms with Gasteiger partial charge in [-0.15, -0.1) is 0 Å². The SMILES string of the molecule is COc1cc(NC(=O)Cn2c(=O)n(-c3ccc(C)c(C)c3)c(=O)c3oc4ccccc4c32)cc(OC)c1. The summed E-state index contributed by atoms with van der Waals surface area (Å²) in [7, 11) is 3.02. The molecule has 0 aliphatic carbocycles. The third-order valence-electron chi connectivity index (χ3n) is 6.34. The molecule has 0 aliphatic heterocycles. The van der Waals surface area contributed by atoms with E-state index in [1.807, 2.05) is 19.9 Å². The number of nitrogens with zero attached hydrogens (tertiary/aromatic N) is 2. The number of aromatic nitrogens is 2. The Hall–Kier alpha value is -4.79. The predicted molar refractivity (Wildman–Crippen MR) is 141 cm³/mol. The van der Waals surface area contributed by atoms with E-state index in [-0.39, 0.29) is 17.6 Å². The van der Waals surface area contributed by atoms with E-state index in [0.29, 0.717) is 33.8 Å². The van der Waals surface area contributed by atoms with Gasteiger partial charge in [-0.3, -0.25) is 14.2 Å². The first-order valence-electron chi connectivity index (χ1n) is 11.6. The van der Waals surface area contributed by atoms with Crippen LogP contribution >= 0.6 is 0 Å². The molecule has 188 valence electrons. The van der Waals surface area contributed by atoms with Gasteiger partial charge in [0, 0.05) is 29.3 Å². The monoisotopic (exact) mass is 499 g/mol. The Bertz CT molecular complexity index is 1770. The fourth-order valence-electron chi connectivity index (χ4n) is 4.31. The topological polar surface area (TPSA) is 105 Å². The number of amides is 1. The van der Waals surface area contributed by atoms with E-state index < -0.39 is 17.2 Å². The zero-order chi connectivity index (χ0) is 26.3. The number of aryl methyl sites for hydroxylation is 2. The number of rotatable bonds is 6. The Balaban J connectivity index is 1.68. The van der Waals surface area contributed by atoms with Crippen molar-refractivity contribution in [3.8, 4) is 17.2 Å². The largest absolute Gasteiger partial charge is 0.497 e. The third-order valence-corrected chi connectivity index (χ3v) is 6.34. The molecule has 0 atom stereocenters. The van der Waals surface area contributed by atoms with Crippen LogP contribution in [0.2, 0.25) is 0 Å². The van der Waals surface area contributed by atoms with Gasteiger partial charge in [-0.25, -0.2) is 9.36 Å². The molecule has 3 aromatic carbocycles. The van der Waals surface area contributed by atoms with Crippen LogP contribution in [0.3, 0.4) is 0 Å². The van der Waals surface area contributed by atoms with Crippen molar-refractivity contribution in [2.24, 2.45) is 0 Å². The summed E-state index contributed by atoms with van der Waals surface area (Å²) in [5, 5.41) is 3.35. The maximum Gasteiger partial charge on any atom is 0.336 e. The molecule has 1 N–H and O–H groups in total. The smallest absolute Gasteiger partial charge is 0.336 e. The van der Waals surface area contributed by atoms with Gasteiger partial charge in [-0.1, -0.05) is 18.2 Å². The lowest BCUT2D eigenvalue weighted by Crippen LogP contribution is -2.40. The molecule has 0 aliphatic rings. The van der Waals surface area contributed by atoms with Gasteiger partial charge < -0.3 is 19.2 Å². The molecule has 37 heavy (non-hydrogen) atoms. The summed E-state index contributed by atoms with van der Waals surface area (Å²) in [4.78, 5) is 40.5. The number of hydrogen-bond acceptors (Lipinski definition) is 6. The third kappa shape index (κ3) is 4.24. The van der Waals surface area contributed by atoms with Crippen LogP contribution in [-0.2, 0) is 11.3 Å². The van der Waals surface area contributed by atoms with Gasteiger partial charge in [0.2, 0.25) is 11.5 Å². The molecule has 5 aromatic rings. The molecule has 9 nitrogen and oxygen atoms in total. The van der Waals surface area contributed by atoms with Crippen molar-refractivity contribution >= 4 is 33.7 Å². The molecule has 0 fully saturated rings. The number of hydrogen-bond donors (Lipinski definition) is 1. The summed E-state index contributed by atoms with van der Waals surface area (Å²) in [6, 6.07) is 17.3. The highest BCUT2D eigenvalue weighted by atomic mass is 16.5. The summed E-state index contributed by atoms with van der Waals surface area (Å²) < 4.78 is 18.7. The first kappa shape index (κ1) is 23.9. The summed E-state index contributed by atoms with van der Waals surface area (Å²) in [6.07, 6.45) is 0. The van der Waals surface area contributed by atoms with Gasteiger partial charge in [0.15, 0.2) is 0 Å². The number of ether oxygens (including phenoxy) is 2. The summed E-state index contributed by atoms with van der Waals surface area (Å²) in [5.74, 6) is 0.519. The lowest BCUT2D eigenvalue weighted by molar-refractivity contribution is -0.116. The maximum atomic E-state index is 13.8. The van der Waals surface area contributed by atoms with E-state index in [2.05, 4.69) is 5.32 Å². The summed E-state index contributed by atoms with van der Waals surface area (Å²) in [6.45, 7) is 3.49. The Morgan fingerprint density at radius 1 is 0.919 bits per heavy atom. The van der Waals surface area contributed by atoms with Crippen molar-refractivity contribution in [3.63, 3.8) is 0 Å². The van der Waals surface area contributed by atoms with Crippen LogP contribution in [0.1, 0.15) is 11.1 Å². The van der Waals surface area contributed by atoms with Crippen molar-refractivity contribution in [1.82, 2.24) is 9.13 Å². The average Bonchev–Trinajstić information content (AvgIpc) is 3.28. The number of anilines is 1. The molecular weight excluding hydrogens is 474 g/mol. The minimum absolute atomic E-state index is 0.00474. The zero-order valence-corrected chi connectivity index (χ0v) is 20.8. The standard InChI is InChI=1S/C28H25N3O6/c1-16-9-10-19(11-17(16)2)31-27(33)26-25(22-7-5-6-8-23(22)37-26)30(28(31)34)15-24(32)29-18-12-20(35-3)14-21(13-18)36-4/h5-14H,15H2,1-4H3,(H,29,32). The van der Waals surface area contributed by atoms with Crippen LogP contribution in [0.15, 0.2) is 74.7 Å². The number of nitrogens with one attached hydrogen (secondary N) is 1. The van der Waals surface area contributed by atoms with Gasteiger partial charge in [-0.2, -0.15) is 0 Å². The molecular formula is C28H25N3O6. The molecule has 2 aromatic heterocycles. The van der Waals surface area contributed by atoms with Crippen LogP contribution in [0.25, 0.3) is 27.8 Å². The maximum absolute atomic E-state index is 13.8. The lowest BCUT2D eigenvalue weighted by Gasteiger charge is -2.14. The molecule has 0 spiro atoms. The number of benzene rings is 3. The van der Waals surface area contributed by atoms with E-state index in [1.165, 1.54) is 18.8 Å². The second-order valence-corrected chi connectivity index (χ2v) is 8.70. The minimum Gasteiger partial charge on any atom is -0.497 e. The summed E-state index contributed by atoms with van der Waals surface area (Å²) in [5.41, 5.74) is 2.24. The lowest BCUT2D eigenvalue weighted by atomic mass is 10.1. The van der Waals surface area contributed by atoms with Crippen LogP contribution in [-0.4, -0.2) is 29.3 Å². The van der Waals surface area contributed by atoms with E-state index in [4.69, 9.17) is 13.9 Å². The van der Waals surface area contributed by atoms with Crippen LogP contribution in [0, 0.1) is 13.8 Å². The van der Waals surface area contributed by atoms with Crippen molar-refractivity contribution in [1.29, 1.82) is 0 Å². The second kappa shape index (κ2) is 9.34. The molecule has 0 radical (unpaired) electrons. The molecule has 1 amide bonds. The Morgan fingerprint density at radius 2 is 1.62 bits per heavy atom. The number of methoxy groups -OCH3 is 2. The van der Waals surface area contributed by atoms with Crippen molar-refractivity contribution in [2.45, 2.75) is 20.4 Å². The first-order chi connectivity index (χ1) is 17.8. The zero-order valence-electron chi connectivity index (χ0n) is 20.8. The number of carbonyl (C=O) groups is 1. The van der Waals surface area contributed by atoms with E-state index in [1.54, 1.807) is 54.6 Å². The van der Waals surface area contributed by atoms with E-state index in [0.717, 1.165) is 15.7 Å². The van der Waals surface area contributed by atoms with E-state index >= 15 is 0 Å². The Labute approximate surface area is 211 Å². The molecule has 5 rings (SSSR count). The summed E-state index contributed by atoms with van der Waals surface area (Å²) >= 11 is 0. The van der Waals surface area contributed by atoms with Crippen LogP contribution in [0.4, 0.5) is 5.69 Å². The first-order valence-corrected chi connectivity index (χ1v) is 11.6. The number of para-hydroxylation sites is 1. The minimum atomic E-state index is -0.648. The number of fused-ring (bicyclic) bond motifs is 3. The second-order valence-electron chi connectivity index (χ2n) is 8.70.